The van der Waals surface area contributed by atoms with Crippen molar-refractivity contribution >= 4 is 11.5 Å². The molecule has 0 radical (unpaired) electrons. The molecule has 2 rings (SSSR count). The highest BCUT2D eigenvalue weighted by Crippen LogP contribution is 2.23. The molecule has 0 spiro atoms. The average molecular weight is 221 g/mol. The van der Waals surface area contributed by atoms with E-state index in [1.165, 1.54) is 18.9 Å². The van der Waals surface area contributed by atoms with Crippen LogP contribution in [0, 0.1) is 17.0 Å². The predicted molar refractivity (Wildman–Crippen MR) is 61.5 cm³/mol. The van der Waals surface area contributed by atoms with E-state index in [9.17, 15) is 10.1 Å². The van der Waals surface area contributed by atoms with Crippen LogP contribution in [0.2, 0.25) is 0 Å². The Kier molecular flexibility index (Phi) is 3.03. The second-order valence-electron chi connectivity index (χ2n) is 4.18. The minimum atomic E-state index is -0.401. The topological polar surface area (TPSA) is 68.1 Å². The molecule has 1 heterocycles. The van der Waals surface area contributed by atoms with E-state index in [1.54, 1.807) is 13.0 Å². The van der Waals surface area contributed by atoms with Gasteiger partial charge in [-0.1, -0.05) is 12.8 Å². The molecule has 0 saturated heterocycles. The van der Waals surface area contributed by atoms with Gasteiger partial charge in [0.15, 0.2) is 0 Å². The molecule has 0 aliphatic heterocycles. The van der Waals surface area contributed by atoms with Crippen LogP contribution >= 0.6 is 0 Å². The molecule has 1 aliphatic rings. The number of nitro groups is 1. The molecule has 1 aromatic rings. The molecule has 1 aliphatic carbocycles. The molecular weight excluding hydrogens is 206 g/mol. The lowest BCUT2D eigenvalue weighted by atomic mass is 10.2. The Balaban J connectivity index is 2.11. The van der Waals surface area contributed by atoms with Crippen LogP contribution in [0.3, 0.4) is 0 Å². The lowest BCUT2D eigenvalue weighted by Gasteiger charge is -2.12. The van der Waals surface area contributed by atoms with Gasteiger partial charge in [-0.2, -0.15) is 0 Å². The van der Waals surface area contributed by atoms with Gasteiger partial charge in [0.2, 0.25) is 0 Å². The van der Waals surface area contributed by atoms with Crippen molar-refractivity contribution in [3.63, 3.8) is 0 Å². The number of hydrogen-bond donors (Lipinski definition) is 1. The van der Waals surface area contributed by atoms with E-state index in [4.69, 9.17) is 0 Å². The van der Waals surface area contributed by atoms with Crippen LogP contribution in [0.25, 0.3) is 0 Å². The van der Waals surface area contributed by atoms with Gasteiger partial charge in [0, 0.05) is 12.1 Å². The third kappa shape index (κ3) is 2.29. The number of nitrogens with zero attached hydrogens (tertiary/aromatic N) is 2. The first-order valence-electron chi connectivity index (χ1n) is 5.55. The van der Waals surface area contributed by atoms with Gasteiger partial charge in [0.25, 0.3) is 5.69 Å². The molecular formula is C11H15N3O2. The van der Waals surface area contributed by atoms with Gasteiger partial charge in [0.1, 0.15) is 11.5 Å². The van der Waals surface area contributed by atoms with Gasteiger partial charge >= 0.3 is 0 Å². The minimum absolute atomic E-state index is 0.0805. The lowest BCUT2D eigenvalue weighted by Crippen LogP contribution is -2.15. The van der Waals surface area contributed by atoms with Gasteiger partial charge in [-0.25, -0.2) is 4.98 Å². The third-order valence-corrected chi connectivity index (χ3v) is 2.96. The van der Waals surface area contributed by atoms with Crippen LogP contribution < -0.4 is 5.32 Å². The number of rotatable bonds is 3. The van der Waals surface area contributed by atoms with Crippen LogP contribution in [0.4, 0.5) is 11.5 Å². The maximum absolute atomic E-state index is 10.6. The van der Waals surface area contributed by atoms with Crippen LogP contribution in [-0.2, 0) is 0 Å². The SMILES string of the molecule is Cc1nc(NC2CCCC2)ccc1[N+](=O)[O-]. The molecule has 5 heteroatoms. The first-order chi connectivity index (χ1) is 7.66. The van der Waals surface area contributed by atoms with E-state index >= 15 is 0 Å². The van der Waals surface area contributed by atoms with Crippen molar-refractivity contribution < 1.29 is 4.92 Å². The Morgan fingerprint density at radius 2 is 2.12 bits per heavy atom. The zero-order valence-corrected chi connectivity index (χ0v) is 9.27. The zero-order chi connectivity index (χ0) is 11.5. The van der Waals surface area contributed by atoms with Crippen LogP contribution in [-0.4, -0.2) is 15.9 Å². The van der Waals surface area contributed by atoms with Gasteiger partial charge in [0.05, 0.1) is 4.92 Å². The Hall–Kier alpha value is -1.65. The summed E-state index contributed by atoms with van der Waals surface area (Å²) < 4.78 is 0. The smallest absolute Gasteiger partial charge is 0.290 e. The number of aryl methyl sites for hydroxylation is 1. The fourth-order valence-corrected chi connectivity index (χ4v) is 2.11. The van der Waals surface area contributed by atoms with Gasteiger partial charge in [-0.05, 0) is 25.8 Å². The molecule has 86 valence electrons. The monoisotopic (exact) mass is 221 g/mol. The second-order valence-corrected chi connectivity index (χ2v) is 4.18. The summed E-state index contributed by atoms with van der Waals surface area (Å²) in [4.78, 5) is 14.4. The Morgan fingerprint density at radius 3 is 2.69 bits per heavy atom. The highest BCUT2D eigenvalue weighted by molar-refractivity contribution is 5.45. The van der Waals surface area contributed by atoms with E-state index < -0.39 is 4.92 Å². The maximum atomic E-state index is 10.6. The molecule has 0 atom stereocenters. The van der Waals surface area contributed by atoms with Crippen molar-refractivity contribution in [1.82, 2.24) is 4.98 Å². The zero-order valence-electron chi connectivity index (χ0n) is 9.27. The van der Waals surface area contributed by atoms with Crippen molar-refractivity contribution in [3.05, 3.63) is 27.9 Å². The number of hydrogen-bond acceptors (Lipinski definition) is 4. The van der Waals surface area contributed by atoms with E-state index in [-0.39, 0.29) is 5.69 Å². The summed E-state index contributed by atoms with van der Waals surface area (Å²) in [6.45, 7) is 1.66. The fourth-order valence-electron chi connectivity index (χ4n) is 2.11. The standard InChI is InChI=1S/C11H15N3O2/c1-8-10(14(15)16)6-7-11(12-8)13-9-4-2-3-5-9/h6-7,9H,2-5H2,1H3,(H,12,13). The van der Waals surface area contributed by atoms with Crippen molar-refractivity contribution in [2.45, 2.75) is 38.6 Å². The molecule has 1 fully saturated rings. The Bertz CT molecular complexity index is 400. The number of nitrogens with one attached hydrogen (secondary N) is 1. The summed E-state index contributed by atoms with van der Waals surface area (Å²) in [5.74, 6) is 0.745. The minimum Gasteiger partial charge on any atom is -0.367 e. The molecule has 16 heavy (non-hydrogen) atoms. The molecule has 1 saturated carbocycles. The summed E-state index contributed by atoms with van der Waals surface area (Å²) in [5, 5.41) is 13.9. The Morgan fingerprint density at radius 1 is 1.44 bits per heavy atom. The number of aromatic nitrogens is 1. The van der Waals surface area contributed by atoms with Crippen LogP contribution in [0.15, 0.2) is 12.1 Å². The van der Waals surface area contributed by atoms with Crippen molar-refractivity contribution in [2.24, 2.45) is 0 Å². The summed E-state index contributed by atoms with van der Waals surface area (Å²) in [7, 11) is 0. The Labute approximate surface area is 94.0 Å². The van der Waals surface area contributed by atoms with E-state index in [0.29, 0.717) is 11.7 Å². The molecule has 1 aromatic heterocycles. The lowest BCUT2D eigenvalue weighted by molar-refractivity contribution is -0.385. The first-order valence-corrected chi connectivity index (χ1v) is 5.55. The fraction of sp³-hybridized carbons (Fsp3) is 0.545. The van der Waals surface area contributed by atoms with E-state index in [2.05, 4.69) is 10.3 Å². The second kappa shape index (κ2) is 4.47. The van der Waals surface area contributed by atoms with Crippen LogP contribution in [0.5, 0.6) is 0 Å². The highest BCUT2D eigenvalue weighted by Gasteiger charge is 2.17. The first kappa shape index (κ1) is 10.9. The largest absolute Gasteiger partial charge is 0.367 e. The molecule has 0 aromatic carbocycles. The van der Waals surface area contributed by atoms with Crippen molar-refractivity contribution in [2.75, 3.05) is 5.32 Å². The number of pyridine rings is 1. The molecule has 5 nitrogen and oxygen atoms in total. The van der Waals surface area contributed by atoms with Gasteiger partial charge < -0.3 is 5.32 Å². The number of anilines is 1. The quantitative estimate of drug-likeness (QED) is 0.629. The van der Waals surface area contributed by atoms with Crippen LogP contribution in [0.1, 0.15) is 31.4 Å². The van der Waals surface area contributed by atoms with Gasteiger partial charge in [-0.3, -0.25) is 10.1 Å². The summed E-state index contributed by atoms with van der Waals surface area (Å²) >= 11 is 0. The average Bonchev–Trinajstić information content (AvgIpc) is 2.70. The molecule has 0 unspecified atom stereocenters. The highest BCUT2D eigenvalue weighted by atomic mass is 16.6. The maximum Gasteiger partial charge on any atom is 0.290 e. The van der Waals surface area contributed by atoms with E-state index in [0.717, 1.165) is 18.7 Å². The van der Waals surface area contributed by atoms with Crippen molar-refractivity contribution in [3.8, 4) is 0 Å². The third-order valence-electron chi connectivity index (χ3n) is 2.96. The summed E-state index contributed by atoms with van der Waals surface area (Å²) in [6, 6.07) is 3.68. The summed E-state index contributed by atoms with van der Waals surface area (Å²) in [5.41, 5.74) is 0.546. The van der Waals surface area contributed by atoms with Crippen molar-refractivity contribution in [1.29, 1.82) is 0 Å². The van der Waals surface area contributed by atoms with Gasteiger partial charge in [-0.15, -0.1) is 0 Å². The molecule has 0 amide bonds. The predicted octanol–water partition coefficient (Wildman–Crippen LogP) is 2.65. The van der Waals surface area contributed by atoms with E-state index in [1.807, 2.05) is 0 Å². The summed E-state index contributed by atoms with van der Waals surface area (Å²) in [6.07, 6.45) is 4.84. The normalized spacial score (nSPS) is 16.3. The molecule has 1 N–H and O–H groups in total. The molecule has 0 bridgehead atoms.